The van der Waals surface area contributed by atoms with E-state index in [1.54, 1.807) is 42.2 Å². The lowest BCUT2D eigenvalue weighted by Crippen LogP contribution is -2.47. The van der Waals surface area contributed by atoms with Crippen LogP contribution in [-0.4, -0.2) is 46.2 Å². The van der Waals surface area contributed by atoms with E-state index in [-0.39, 0.29) is 11.8 Å². The topological polar surface area (TPSA) is 76.0 Å². The van der Waals surface area contributed by atoms with Crippen molar-refractivity contribution in [1.82, 2.24) is 20.4 Å². The second-order valence-corrected chi connectivity index (χ2v) is 7.09. The average Bonchev–Trinajstić information content (AvgIpc) is 3.15. The molecule has 2 rings (SSSR count). The Labute approximate surface area is 162 Å². The normalized spacial score (nSPS) is 11.8. The maximum absolute atomic E-state index is 12.5. The summed E-state index contributed by atoms with van der Waals surface area (Å²) in [7, 11) is 0. The summed E-state index contributed by atoms with van der Waals surface area (Å²) in [5.41, 5.74) is 0.370. The van der Waals surface area contributed by atoms with E-state index < -0.39 is 6.04 Å². The second kappa shape index (κ2) is 10.9. The van der Waals surface area contributed by atoms with Gasteiger partial charge in [-0.15, -0.1) is 0 Å². The van der Waals surface area contributed by atoms with Gasteiger partial charge in [-0.2, -0.15) is 16.9 Å². The third-order valence-corrected chi connectivity index (χ3v) is 4.75. The van der Waals surface area contributed by atoms with Crippen molar-refractivity contribution in [3.8, 4) is 0 Å². The molecule has 2 N–H and O–H groups in total. The highest BCUT2D eigenvalue weighted by molar-refractivity contribution is 7.98. The van der Waals surface area contributed by atoms with Gasteiger partial charge in [0, 0.05) is 25.5 Å². The van der Waals surface area contributed by atoms with Gasteiger partial charge in [0.2, 0.25) is 5.91 Å². The lowest BCUT2D eigenvalue weighted by molar-refractivity contribution is -0.123. The fraction of sp³-hybridized carbons (Fsp3) is 0.389. The molecule has 0 bridgehead atoms. The van der Waals surface area contributed by atoms with E-state index in [9.17, 15) is 9.59 Å². The van der Waals surface area contributed by atoms with Crippen molar-refractivity contribution in [2.75, 3.05) is 18.6 Å². The number of benzene rings is 1. The van der Waals surface area contributed by atoms with Crippen LogP contribution in [0.2, 0.25) is 5.02 Å². The van der Waals surface area contributed by atoms with Crippen LogP contribution in [0.1, 0.15) is 23.2 Å². The summed E-state index contributed by atoms with van der Waals surface area (Å²) in [6, 6.07) is 8.08. The van der Waals surface area contributed by atoms with Crippen molar-refractivity contribution in [2.45, 2.75) is 25.4 Å². The minimum atomic E-state index is -0.587. The Kier molecular flexibility index (Phi) is 8.50. The van der Waals surface area contributed by atoms with Crippen molar-refractivity contribution in [3.63, 3.8) is 0 Å². The van der Waals surface area contributed by atoms with Gasteiger partial charge in [0.05, 0.1) is 10.6 Å². The molecule has 0 aliphatic carbocycles. The summed E-state index contributed by atoms with van der Waals surface area (Å²) in [6.07, 6.45) is 6.90. The number of aromatic nitrogens is 2. The molecule has 1 aromatic carbocycles. The number of rotatable bonds is 10. The predicted molar refractivity (Wildman–Crippen MR) is 106 cm³/mol. The fourth-order valence-corrected chi connectivity index (χ4v) is 3.09. The summed E-state index contributed by atoms with van der Waals surface area (Å²) in [5.74, 6) is 0.252. The molecule has 1 aromatic heterocycles. The summed E-state index contributed by atoms with van der Waals surface area (Å²) in [4.78, 5) is 24.9. The maximum Gasteiger partial charge on any atom is 0.253 e. The number of thioether (sulfide) groups is 1. The quantitative estimate of drug-likeness (QED) is 0.607. The summed E-state index contributed by atoms with van der Waals surface area (Å²) in [5, 5.41) is 10.2. The first kappa shape index (κ1) is 20.3. The molecule has 8 heteroatoms. The van der Waals surface area contributed by atoms with Crippen LogP contribution in [0.5, 0.6) is 0 Å². The molecule has 0 fully saturated rings. The van der Waals surface area contributed by atoms with Gasteiger partial charge in [-0.3, -0.25) is 14.3 Å². The lowest BCUT2D eigenvalue weighted by atomic mass is 10.1. The second-order valence-electron chi connectivity index (χ2n) is 5.70. The molecular formula is C18H23ClN4O2S. The van der Waals surface area contributed by atoms with Crippen molar-refractivity contribution < 1.29 is 9.59 Å². The third kappa shape index (κ3) is 6.38. The van der Waals surface area contributed by atoms with Crippen molar-refractivity contribution in [2.24, 2.45) is 0 Å². The molecule has 0 saturated heterocycles. The molecule has 2 aromatic rings. The average molecular weight is 395 g/mol. The molecule has 0 aliphatic rings. The van der Waals surface area contributed by atoms with Gasteiger partial charge in [-0.05, 0) is 43.0 Å². The number of nitrogens with one attached hydrogen (secondary N) is 2. The fourth-order valence-electron chi connectivity index (χ4n) is 2.39. The molecule has 1 heterocycles. The Balaban J connectivity index is 1.87. The lowest BCUT2D eigenvalue weighted by Gasteiger charge is -2.18. The van der Waals surface area contributed by atoms with Gasteiger partial charge in [-0.25, -0.2) is 0 Å². The van der Waals surface area contributed by atoms with E-state index in [1.165, 1.54) is 0 Å². The number of carbonyl (C=O) groups excluding carboxylic acids is 2. The van der Waals surface area contributed by atoms with Gasteiger partial charge < -0.3 is 10.6 Å². The molecule has 0 spiro atoms. The summed E-state index contributed by atoms with van der Waals surface area (Å²) in [6.45, 7) is 1.26. The van der Waals surface area contributed by atoms with Crippen LogP contribution in [-0.2, 0) is 11.3 Å². The highest BCUT2D eigenvalue weighted by atomic mass is 35.5. The Morgan fingerprint density at radius 1 is 1.31 bits per heavy atom. The van der Waals surface area contributed by atoms with Crippen LogP contribution in [0, 0.1) is 0 Å². The minimum Gasteiger partial charge on any atom is -0.354 e. The van der Waals surface area contributed by atoms with Gasteiger partial charge in [0.1, 0.15) is 6.04 Å². The maximum atomic E-state index is 12.5. The van der Waals surface area contributed by atoms with Gasteiger partial charge in [0.15, 0.2) is 0 Å². The largest absolute Gasteiger partial charge is 0.354 e. The van der Waals surface area contributed by atoms with E-state index in [4.69, 9.17) is 11.6 Å². The Bertz CT molecular complexity index is 709. The third-order valence-electron chi connectivity index (χ3n) is 3.77. The summed E-state index contributed by atoms with van der Waals surface area (Å²) >= 11 is 7.70. The van der Waals surface area contributed by atoms with E-state index in [0.29, 0.717) is 23.6 Å². The predicted octanol–water partition coefficient (Wildman–Crippen LogP) is 2.59. The first-order valence-electron chi connectivity index (χ1n) is 8.41. The first-order chi connectivity index (χ1) is 12.6. The molecule has 0 radical (unpaired) electrons. The molecular weight excluding hydrogens is 372 g/mol. The van der Waals surface area contributed by atoms with E-state index in [2.05, 4.69) is 15.7 Å². The number of aryl methyl sites for hydroxylation is 1. The molecule has 140 valence electrons. The van der Waals surface area contributed by atoms with E-state index in [0.717, 1.165) is 18.7 Å². The van der Waals surface area contributed by atoms with Gasteiger partial charge in [-0.1, -0.05) is 23.7 Å². The zero-order valence-corrected chi connectivity index (χ0v) is 16.2. The number of hydrogen-bond donors (Lipinski definition) is 2. The number of nitrogens with zero attached hydrogens (tertiary/aromatic N) is 2. The van der Waals surface area contributed by atoms with Crippen molar-refractivity contribution in [1.29, 1.82) is 0 Å². The smallest absolute Gasteiger partial charge is 0.253 e. The first-order valence-corrected chi connectivity index (χ1v) is 10.2. The number of amides is 2. The molecule has 6 nitrogen and oxygen atoms in total. The van der Waals surface area contributed by atoms with Crippen LogP contribution in [0.3, 0.4) is 0 Å². The molecule has 0 saturated carbocycles. The SMILES string of the molecule is CSCC[C@@H](NC(=O)c1ccccc1Cl)C(=O)NCCCn1cccn1. The Morgan fingerprint density at radius 3 is 2.81 bits per heavy atom. The Morgan fingerprint density at radius 2 is 2.12 bits per heavy atom. The van der Waals surface area contributed by atoms with Crippen LogP contribution < -0.4 is 10.6 Å². The van der Waals surface area contributed by atoms with Crippen LogP contribution in [0.25, 0.3) is 0 Å². The van der Waals surface area contributed by atoms with Gasteiger partial charge in [0.25, 0.3) is 5.91 Å². The highest BCUT2D eigenvalue weighted by Crippen LogP contribution is 2.15. The standard InChI is InChI=1S/C18H23ClN4O2S/c1-26-13-8-16(22-17(24)14-6-2-3-7-15(14)19)18(25)20-9-4-11-23-12-5-10-21-23/h2-3,5-7,10,12,16H,4,8-9,11,13H2,1H3,(H,20,25)(H,22,24)/t16-/m1/s1. The zero-order valence-electron chi connectivity index (χ0n) is 14.7. The molecule has 1 atom stereocenters. The van der Waals surface area contributed by atoms with Crippen LogP contribution in [0.4, 0.5) is 0 Å². The molecule has 2 amide bonds. The number of halogens is 1. The van der Waals surface area contributed by atoms with Crippen molar-refractivity contribution >= 4 is 35.2 Å². The minimum absolute atomic E-state index is 0.181. The highest BCUT2D eigenvalue weighted by Gasteiger charge is 2.21. The summed E-state index contributed by atoms with van der Waals surface area (Å²) < 4.78 is 1.82. The molecule has 26 heavy (non-hydrogen) atoms. The van der Waals surface area contributed by atoms with Crippen molar-refractivity contribution in [3.05, 3.63) is 53.3 Å². The van der Waals surface area contributed by atoms with Crippen LogP contribution in [0.15, 0.2) is 42.7 Å². The van der Waals surface area contributed by atoms with Gasteiger partial charge >= 0.3 is 0 Å². The van der Waals surface area contributed by atoms with Crippen LogP contribution >= 0.6 is 23.4 Å². The molecule has 0 unspecified atom stereocenters. The number of carbonyl (C=O) groups is 2. The monoisotopic (exact) mass is 394 g/mol. The number of hydrogen-bond acceptors (Lipinski definition) is 4. The van der Waals surface area contributed by atoms with E-state index in [1.807, 2.05) is 23.2 Å². The zero-order chi connectivity index (χ0) is 18.8. The van der Waals surface area contributed by atoms with E-state index >= 15 is 0 Å². The molecule has 0 aliphatic heterocycles. The Hall–Kier alpha value is -1.99.